The van der Waals surface area contributed by atoms with Crippen molar-refractivity contribution in [2.45, 2.75) is 418 Å². The molecule has 472 valence electrons. The van der Waals surface area contributed by atoms with Gasteiger partial charge in [0.05, 0.1) is 6.61 Å². The van der Waals surface area contributed by atoms with E-state index < -0.39 is 6.10 Å². The summed E-state index contributed by atoms with van der Waals surface area (Å²) in [6, 6.07) is 0. The average molecular weight is 1120 g/mol. The number of ether oxygens (including phenoxy) is 2. The third-order valence-corrected chi connectivity index (χ3v) is 16.9. The summed E-state index contributed by atoms with van der Waals surface area (Å²) in [4.78, 5) is 24.7. The van der Waals surface area contributed by atoms with Gasteiger partial charge in [0.15, 0.2) is 6.10 Å². The van der Waals surface area contributed by atoms with E-state index in [0.29, 0.717) is 12.8 Å². The Morgan fingerprint density at radius 1 is 0.287 bits per heavy atom. The molecule has 0 spiro atoms. The second-order valence-corrected chi connectivity index (χ2v) is 25.0. The Labute approximate surface area is 501 Å². The van der Waals surface area contributed by atoms with E-state index in [1.165, 1.54) is 340 Å². The van der Waals surface area contributed by atoms with Crippen molar-refractivity contribution >= 4 is 11.9 Å². The number of unbranched alkanes of at least 4 members (excludes halogenated alkanes) is 55. The quantitative estimate of drug-likeness (QED) is 0.0373. The minimum atomic E-state index is -0.769. The molecule has 0 saturated heterocycles. The van der Waals surface area contributed by atoms with Crippen molar-refractivity contribution in [3.05, 3.63) is 36.5 Å². The molecule has 80 heavy (non-hydrogen) atoms. The predicted molar refractivity (Wildman–Crippen MR) is 353 cm³/mol. The average Bonchev–Trinajstić information content (AvgIpc) is 3.46. The van der Waals surface area contributed by atoms with E-state index >= 15 is 0 Å². The maximum Gasteiger partial charge on any atom is 0.306 e. The molecule has 0 bridgehead atoms. The minimum Gasteiger partial charge on any atom is -0.462 e. The SMILES string of the molecule is CCCCCCC/C=C\C/C=C\C/C=C\CCCCCCCCCCCCCCCCCCCCCCCCC(=O)OC(CO)COC(=O)CCCCCCCCCCCCCCCCCCCCCCCCCCCCCCC. The first-order valence-electron chi connectivity index (χ1n) is 36.5. The van der Waals surface area contributed by atoms with Gasteiger partial charge in [-0.3, -0.25) is 9.59 Å². The lowest BCUT2D eigenvalue weighted by molar-refractivity contribution is -0.161. The molecular formula is C75H142O5. The molecule has 0 radical (unpaired) electrons. The van der Waals surface area contributed by atoms with Crippen LogP contribution in [0.1, 0.15) is 412 Å². The summed E-state index contributed by atoms with van der Waals surface area (Å²) in [6.45, 7) is 4.20. The molecule has 1 unspecified atom stereocenters. The molecular weight excluding hydrogens is 981 g/mol. The topological polar surface area (TPSA) is 72.8 Å². The Bertz CT molecular complexity index is 1270. The molecule has 1 atom stereocenters. The van der Waals surface area contributed by atoms with Crippen LogP contribution >= 0.6 is 0 Å². The molecule has 0 aliphatic carbocycles. The Morgan fingerprint density at radius 3 is 0.750 bits per heavy atom. The first-order chi connectivity index (χ1) is 39.6. The van der Waals surface area contributed by atoms with Gasteiger partial charge in [0.2, 0.25) is 0 Å². The van der Waals surface area contributed by atoms with Crippen LogP contribution in [-0.4, -0.2) is 36.4 Å². The molecule has 0 rings (SSSR count). The van der Waals surface area contributed by atoms with Crippen LogP contribution in [0.3, 0.4) is 0 Å². The minimum absolute atomic E-state index is 0.0581. The third kappa shape index (κ3) is 68.6. The van der Waals surface area contributed by atoms with Crippen LogP contribution in [0.4, 0.5) is 0 Å². The van der Waals surface area contributed by atoms with Gasteiger partial charge in [-0.05, 0) is 51.4 Å². The summed E-state index contributed by atoms with van der Waals surface area (Å²) in [5, 5.41) is 9.71. The number of hydrogen-bond acceptors (Lipinski definition) is 5. The Kier molecular flexibility index (Phi) is 69.7. The van der Waals surface area contributed by atoms with Gasteiger partial charge in [-0.25, -0.2) is 0 Å². The normalized spacial score (nSPS) is 12.3. The van der Waals surface area contributed by atoms with Gasteiger partial charge in [-0.2, -0.15) is 0 Å². The van der Waals surface area contributed by atoms with Crippen molar-refractivity contribution in [2.24, 2.45) is 0 Å². The van der Waals surface area contributed by atoms with Crippen LogP contribution in [0.5, 0.6) is 0 Å². The van der Waals surface area contributed by atoms with Gasteiger partial charge in [0, 0.05) is 12.8 Å². The van der Waals surface area contributed by atoms with Crippen molar-refractivity contribution in [2.75, 3.05) is 13.2 Å². The molecule has 0 amide bonds. The summed E-state index contributed by atoms with van der Waals surface area (Å²) in [5.41, 5.74) is 0. The number of aliphatic hydroxyl groups is 1. The third-order valence-electron chi connectivity index (χ3n) is 16.9. The smallest absolute Gasteiger partial charge is 0.306 e. The van der Waals surface area contributed by atoms with Gasteiger partial charge in [-0.1, -0.05) is 384 Å². The summed E-state index contributed by atoms with van der Waals surface area (Å²) >= 11 is 0. The summed E-state index contributed by atoms with van der Waals surface area (Å²) in [5.74, 6) is -0.563. The highest BCUT2D eigenvalue weighted by atomic mass is 16.6. The maximum absolute atomic E-state index is 12.4. The zero-order chi connectivity index (χ0) is 57.6. The van der Waals surface area contributed by atoms with Crippen molar-refractivity contribution in [1.29, 1.82) is 0 Å². The van der Waals surface area contributed by atoms with Gasteiger partial charge >= 0.3 is 11.9 Å². The van der Waals surface area contributed by atoms with Gasteiger partial charge in [0.1, 0.15) is 6.61 Å². The second-order valence-electron chi connectivity index (χ2n) is 25.0. The molecule has 1 N–H and O–H groups in total. The number of hydrogen-bond donors (Lipinski definition) is 1. The fourth-order valence-electron chi connectivity index (χ4n) is 11.5. The summed E-state index contributed by atoms with van der Waals surface area (Å²) < 4.78 is 10.8. The largest absolute Gasteiger partial charge is 0.462 e. The zero-order valence-electron chi connectivity index (χ0n) is 54.4. The molecule has 0 heterocycles. The molecule has 5 heteroatoms. The summed E-state index contributed by atoms with van der Waals surface area (Å²) in [7, 11) is 0. The van der Waals surface area contributed by atoms with Crippen LogP contribution in [0, 0.1) is 0 Å². The van der Waals surface area contributed by atoms with Gasteiger partial charge in [0.25, 0.3) is 0 Å². The number of allylic oxidation sites excluding steroid dienone is 6. The van der Waals surface area contributed by atoms with Crippen molar-refractivity contribution < 1.29 is 24.2 Å². The summed E-state index contributed by atoms with van der Waals surface area (Å²) in [6.07, 6.45) is 94.9. The van der Waals surface area contributed by atoms with Crippen LogP contribution in [0.15, 0.2) is 36.5 Å². The lowest BCUT2D eigenvalue weighted by Crippen LogP contribution is -2.28. The van der Waals surface area contributed by atoms with Crippen molar-refractivity contribution in [3.63, 3.8) is 0 Å². The Morgan fingerprint density at radius 2 is 0.500 bits per heavy atom. The molecule has 0 fully saturated rings. The number of rotatable bonds is 69. The Balaban J connectivity index is 3.38. The highest BCUT2D eigenvalue weighted by molar-refractivity contribution is 5.70. The number of esters is 2. The fourth-order valence-corrected chi connectivity index (χ4v) is 11.5. The standard InChI is InChI=1S/C75H142O5/c1-3-5-7-9-11-13-15-17-19-21-23-25-27-29-31-33-34-35-36-37-38-39-40-42-44-46-48-50-52-54-56-58-60-62-64-66-68-70-75(78)80-73(71-76)72-79-74(77)69-67-65-63-61-59-57-55-53-51-49-47-45-43-41-32-30-28-26-24-22-20-18-16-14-12-10-8-6-4-2/h15,17,21,23,27,29,73,76H,3-14,16,18-20,22,24-26,28,30-72H2,1-2H3/b17-15-,23-21-,29-27-. The second kappa shape index (κ2) is 71.4. The van der Waals surface area contributed by atoms with Crippen LogP contribution in [0.2, 0.25) is 0 Å². The lowest BCUT2D eigenvalue weighted by atomic mass is 10.0. The van der Waals surface area contributed by atoms with E-state index in [-0.39, 0.29) is 25.2 Å². The van der Waals surface area contributed by atoms with Crippen LogP contribution in [0.25, 0.3) is 0 Å². The molecule has 0 aromatic rings. The number of carbonyl (C=O) groups is 2. The van der Waals surface area contributed by atoms with Gasteiger partial charge < -0.3 is 14.6 Å². The molecule has 0 aliphatic heterocycles. The van der Waals surface area contributed by atoms with E-state index in [1.807, 2.05) is 0 Å². The van der Waals surface area contributed by atoms with Crippen LogP contribution in [-0.2, 0) is 19.1 Å². The highest BCUT2D eigenvalue weighted by Gasteiger charge is 2.16. The highest BCUT2D eigenvalue weighted by Crippen LogP contribution is 2.19. The first-order valence-corrected chi connectivity index (χ1v) is 36.5. The van der Waals surface area contributed by atoms with E-state index in [2.05, 4.69) is 50.3 Å². The van der Waals surface area contributed by atoms with Crippen molar-refractivity contribution in [1.82, 2.24) is 0 Å². The van der Waals surface area contributed by atoms with E-state index in [4.69, 9.17) is 9.47 Å². The Hall–Kier alpha value is -1.88. The monoisotopic (exact) mass is 1120 g/mol. The zero-order valence-corrected chi connectivity index (χ0v) is 54.4. The molecule has 0 aromatic heterocycles. The number of carbonyl (C=O) groups excluding carboxylic acids is 2. The molecule has 0 saturated carbocycles. The molecule has 5 nitrogen and oxygen atoms in total. The molecule has 0 aromatic carbocycles. The van der Waals surface area contributed by atoms with Crippen LogP contribution < -0.4 is 0 Å². The first kappa shape index (κ1) is 78.1. The van der Waals surface area contributed by atoms with Gasteiger partial charge in [-0.15, -0.1) is 0 Å². The fraction of sp³-hybridized carbons (Fsp3) is 0.893. The van der Waals surface area contributed by atoms with E-state index in [1.54, 1.807) is 0 Å². The lowest BCUT2D eigenvalue weighted by Gasteiger charge is -2.15. The predicted octanol–water partition coefficient (Wildman–Crippen LogP) is 25.3. The number of aliphatic hydroxyl groups excluding tert-OH is 1. The maximum atomic E-state index is 12.4. The molecule has 0 aliphatic rings. The van der Waals surface area contributed by atoms with E-state index in [9.17, 15) is 14.7 Å². The van der Waals surface area contributed by atoms with Crippen molar-refractivity contribution in [3.8, 4) is 0 Å². The van der Waals surface area contributed by atoms with E-state index in [0.717, 1.165) is 44.9 Å².